The van der Waals surface area contributed by atoms with Gasteiger partial charge in [0, 0.05) is 0 Å². The molecule has 0 aromatic carbocycles. The van der Waals surface area contributed by atoms with Crippen LogP contribution >= 0.6 is 25.3 Å². The van der Waals surface area contributed by atoms with Gasteiger partial charge in [-0.1, -0.05) is 43.5 Å². The molecule has 0 aliphatic carbocycles. The highest BCUT2D eigenvalue weighted by Crippen LogP contribution is 1.78. The molecule has 0 spiro atoms. The highest BCUT2D eigenvalue weighted by atomic mass is 32.1. The van der Waals surface area contributed by atoms with Crippen LogP contribution in [0.3, 0.4) is 0 Å². The number of allylic oxidation sites excluding steroid dienone is 4. The molecule has 2 heteroatoms. The fourth-order valence-corrected chi connectivity index (χ4v) is 0.443. The Balaban J connectivity index is 0. The van der Waals surface area contributed by atoms with E-state index in [0.717, 1.165) is 0 Å². The normalized spacial score (nSPS) is 7.21. The Labute approximate surface area is 97.0 Å². The molecule has 0 aromatic heterocycles. The van der Waals surface area contributed by atoms with E-state index in [-0.39, 0.29) is 0 Å². The standard InChI is InChI=1S/C6H8S.C6H2S/c2*1-2-3-4-5-6-7/h2-7H,1H2;1,7H/b4-3-,6-5-;. The third-order valence-corrected chi connectivity index (χ3v) is 0.981. The van der Waals surface area contributed by atoms with Crippen molar-refractivity contribution in [3.63, 3.8) is 0 Å². The fourth-order valence-electron chi connectivity index (χ4n) is 0.288. The predicted molar refractivity (Wildman–Crippen MR) is 70.8 cm³/mol. The summed E-state index contributed by atoms with van der Waals surface area (Å²) in [7, 11) is 0. The van der Waals surface area contributed by atoms with E-state index >= 15 is 0 Å². The lowest BCUT2D eigenvalue weighted by atomic mass is 10.5. The quantitative estimate of drug-likeness (QED) is 0.397. The van der Waals surface area contributed by atoms with Crippen molar-refractivity contribution in [2.75, 3.05) is 0 Å². The summed E-state index contributed by atoms with van der Waals surface area (Å²) in [6, 6.07) is 0. The molecule has 14 heavy (non-hydrogen) atoms. The van der Waals surface area contributed by atoms with Crippen LogP contribution in [-0.2, 0) is 0 Å². The van der Waals surface area contributed by atoms with Crippen LogP contribution in [0.2, 0.25) is 0 Å². The lowest BCUT2D eigenvalue weighted by Gasteiger charge is -1.64. The van der Waals surface area contributed by atoms with Gasteiger partial charge in [0.2, 0.25) is 0 Å². The van der Waals surface area contributed by atoms with E-state index in [0.29, 0.717) is 0 Å². The van der Waals surface area contributed by atoms with E-state index in [1.54, 1.807) is 11.5 Å². The van der Waals surface area contributed by atoms with Gasteiger partial charge in [-0.2, -0.15) is 12.6 Å². The summed E-state index contributed by atoms with van der Waals surface area (Å²) >= 11 is 7.39. The summed E-state index contributed by atoms with van der Waals surface area (Å²) in [5.41, 5.74) is 0. The summed E-state index contributed by atoms with van der Waals surface area (Å²) in [5.74, 6) is 9.13. The van der Waals surface area contributed by atoms with Crippen LogP contribution in [0.4, 0.5) is 0 Å². The van der Waals surface area contributed by atoms with Gasteiger partial charge in [0.1, 0.15) is 0 Å². The summed E-state index contributed by atoms with van der Waals surface area (Å²) in [6.45, 7) is 3.49. The summed E-state index contributed by atoms with van der Waals surface area (Å²) in [5, 5.41) is 3.94. The van der Waals surface area contributed by atoms with Gasteiger partial charge in [0.05, 0.1) is 0 Å². The Kier molecular flexibility index (Phi) is 19.0. The molecule has 0 nitrogen and oxygen atoms in total. The van der Waals surface area contributed by atoms with Crippen LogP contribution in [0.25, 0.3) is 0 Å². The van der Waals surface area contributed by atoms with Crippen molar-refractivity contribution in [1.29, 1.82) is 0 Å². The molecule has 0 heterocycles. The minimum atomic E-state index is 1.67. The lowest BCUT2D eigenvalue weighted by molar-refractivity contribution is 1.97. The highest BCUT2D eigenvalue weighted by molar-refractivity contribution is 7.85. The van der Waals surface area contributed by atoms with Gasteiger partial charge in [-0.3, -0.25) is 0 Å². The van der Waals surface area contributed by atoms with Crippen molar-refractivity contribution in [3.05, 3.63) is 36.3 Å². The summed E-state index contributed by atoms with van der Waals surface area (Å²) < 4.78 is 0. The first-order valence-corrected chi connectivity index (χ1v) is 4.48. The topological polar surface area (TPSA) is 0 Å². The zero-order chi connectivity index (χ0) is 11.1. The smallest absolute Gasteiger partial charge is 0.000178 e. The van der Waals surface area contributed by atoms with E-state index < -0.39 is 0 Å². The Bertz CT molecular complexity index is 346. The number of rotatable bonds is 2. The van der Waals surface area contributed by atoms with Gasteiger partial charge in [-0.15, -0.1) is 6.42 Å². The van der Waals surface area contributed by atoms with Crippen molar-refractivity contribution in [3.8, 4) is 35.4 Å². The molecule has 0 unspecified atom stereocenters. The minimum Gasteiger partial charge on any atom is -0.151 e. The van der Waals surface area contributed by atoms with Crippen LogP contribution in [0.15, 0.2) is 36.3 Å². The van der Waals surface area contributed by atoms with Crippen molar-refractivity contribution >= 4 is 25.3 Å². The largest absolute Gasteiger partial charge is 0.151 e. The molecule has 0 bridgehead atoms. The maximum Gasteiger partial charge on any atom is -0.000178 e. The molecule has 0 rings (SSSR count). The average molecular weight is 218 g/mol. The van der Waals surface area contributed by atoms with E-state index in [9.17, 15) is 0 Å². The maximum atomic E-state index is 4.75. The molecule has 0 aromatic rings. The number of thiol groups is 2. The van der Waals surface area contributed by atoms with Crippen LogP contribution in [0.5, 0.6) is 0 Å². The first kappa shape index (κ1) is 15.1. The third kappa shape index (κ3) is 22.4. The third-order valence-electron chi connectivity index (χ3n) is 0.697. The Morgan fingerprint density at radius 2 is 1.79 bits per heavy atom. The first-order chi connectivity index (χ1) is 6.83. The minimum absolute atomic E-state index is 1.67. The van der Waals surface area contributed by atoms with E-state index in [1.165, 1.54) is 0 Å². The maximum absolute atomic E-state index is 4.75. The molecule has 0 saturated carbocycles. The van der Waals surface area contributed by atoms with Crippen LogP contribution in [0, 0.1) is 35.4 Å². The van der Waals surface area contributed by atoms with Gasteiger partial charge >= 0.3 is 0 Å². The molecule has 0 aliphatic rings. The van der Waals surface area contributed by atoms with E-state index in [1.807, 2.05) is 18.2 Å². The van der Waals surface area contributed by atoms with Crippen LogP contribution in [-0.4, -0.2) is 0 Å². The SMILES string of the molecule is C#CC#CC#CS.C=C/C=C\C=C/S. The van der Waals surface area contributed by atoms with Crippen molar-refractivity contribution in [1.82, 2.24) is 0 Å². The van der Waals surface area contributed by atoms with Crippen LogP contribution in [0.1, 0.15) is 0 Å². The molecule has 0 radical (unpaired) electrons. The van der Waals surface area contributed by atoms with Crippen molar-refractivity contribution in [2.24, 2.45) is 0 Å². The van der Waals surface area contributed by atoms with Gasteiger partial charge in [-0.25, -0.2) is 0 Å². The second-order valence-electron chi connectivity index (χ2n) is 1.59. The lowest BCUT2D eigenvalue weighted by Crippen LogP contribution is -1.44. The van der Waals surface area contributed by atoms with Gasteiger partial charge in [0.15, 0.2) is 0 Å². The fraction of sp³-hybridized carbons (Fsp3) is 0. The second-order valence-corrected chi connectivity index (χ2v) is 2.12. The monoisotopic (exact) mass is 218 g/mol. The number of hydrogen-bond donors (Lipinski definition) is 2. The Hall–Kier alpha value is -1.40. The molecule has 0 N–H and O–H groups in total. The molecular formula is C12H10S2. The van der Waals surface area contributed by atoms with Crippen LogP contribution < -0.4 is 0 Å². The molecule has 0 aliphatic heterocycles. The van der Waals surface area contributed by atoms with Crippen molar-refractivity contribution < 1.29 is 0 Å². The van der Waals surface area contributed by atoms with Gasteiger partial charge in [0.25, 0.3) is 0 Å². The zero-order valence-electron chi connectivity index (χ0n) is 7.57. The molecule has 0 fully saturated rings. The molecular weight excluding hydrogens is 208 g/mol. The summed E-state index contributed by atoms with van der Waals surface area (Å²) in [4.78, 5) is 0. The Morgan fingerprint density at radius 3 is 2.21 bits per heavy atom. The van der Waals surface area contributed by atoms with E-state index in [2.05, 4.69) is 60.8 Å². The predicted octanol–water partition coefficient (Wildman–Crippen LogP) is 2.69. The van der Waals surface area contributed by atoms with Gasteiger partial charge < -0.3 is 0 Å². The average Bonchev–Trinajstić information content (AvgIpc) is 2.21. The molecule has 70 valence electrons. The Morgan fingerprint density at radius 1 is 1.07 bits per heavy atom. The molecule has 0 saturated heterocycles. The molecule has 0 amide bonds. The van der Waals surface area contributed by atoms with Gasteiger partial charge in [-0.05, 0) is 34.3 Å². The highest BCUT2D eigenvalue weighted by Gasteiger charge is 1.52. The first-order valence-electron chi connectivity index (χ1n) is 3.51. The van der Waals surface area contributed by atoms with Crippen molar-refractivity contribution in [2.45, 2.75) is 0 Å². The second kappa shape index (κ2) is 17.6. The number of terminal acetylenes is 1. The summed E-state index contributed by atoms with van der Waals surface area (Å²) in [6.07, 6.45) is 12.0. The number of hydrogen-bond acceptors (Lipinski definition) is 2. The molecule has 0 atom stereocenters. The van der Waals surface area contributed by atoms with E-state index in [4.69, 9.17) is 6.42 Å². The zero-order valence-corrected chi connectivity index (χ0v) is 9.35.